The maximum absolute atomic E-state index is 12.7. The summed E-state index contributed by atoms with van der Waals surface area (Å²) in [4.78, 5) is 19.7. The number of hydrogen-bond donors (Lipinski definition) is 0. The molecule has 0 saturated carbocycles. The molecule has 4 heteroatoms. The Hall–Kier alpha value is -1.39. The average molecular weight is 329 g/mol. The van der Waals surface area contributed by atoms with Gasteiger partial charge in [-0.2, -0.15) is 0 Å². The van der Waals surface area contributed by atoms with E-state index >= 15 is 0 Å². The van der Waals surface area contributed by atoms with Gasteiger partial charge in [-0.05, 0) is 56.6 Å². The van der Waals surface area contributed by atoms with Crippen LogP contribution in [0.25, 0.3) is 0 Å². The normalized spacial score (nSPS) is 21.4. The van der Waals surface area contributed by atoms with Gasteiger partial charge in [0.15, 0.2) is 0 Å². The predicted octanol–water partition coefficient (Wildman–Crippen LogP) is 2.66. The second-order valence-electron chi connectivity index (χ2n) is 7.64. The lowest BCUT2D eigenvalue weighted by Crippen LogP contribution is -2.54. The molecule has 2 aliphatic heterocycles. The van der Waals surface area contributed by atoms with Crippen LogP contribution < -0.4 is 0 Å². The molecule has 0 aliphatic carbocycles. The molecular formula is C20H31N3O. The molecule has 2 saturated heterocycles. The summed E-state index contributed by atoms with van der Waals surface area (Å²) in [7, 11) is 2.21. The van der Waals surface area contributed by atoms with E-state index in [1.807, 2.05) is 17.0 Å². The van der Waals surface area contributed by atoms with E-state index in [-0.39, 0.29) is 5.91 Å². The maximum atomic E-state index is 12.7. The van der Waals surface area contributed by atoms with Crippen molar-refractivity contribution in [1.29, 1.82) is 0 Å². The minimum absolute atomic E-state index is 0.188. The van der Waals surface area contributed by atoms with Crippen molar-refractivity contribution < 1.29 is 4.79 Å². The van der Waals surface area contributed by atoms with Gasteiger partial charge >= 0.3 is 0 Å². The van der Waals surface area contributed by atoms with Crippen molar-refractivity contribution in [2.45, 2.75) is 38.6 Å². The number of amides is 1. The molecule has 2 aliphatic rings. The molecule has 0 aromatic heterocycles. The van der Waals surface area contributed by atoms with E-state index < -0.39 is 0 Å². The Morgan fingerprint density at radius 3 is 2.08 bits per heavy atom. The number of rotatable bonds is 3. The summed E-state index contributed by atoms with van der Waals surface area (Å²) in [5, 5.41) is 0. The minimum atomic E-state index is 0.188. The largest absolute Gasteiger partial charge is 0.336 e. The van der Waals surface area contributed by atoms with Crippen LogP contribution in [0.3, 0.4) is 0 Å². The first-order valence-electron chi connectivity index (χ1n) is 9.36. The molecular weight excluding hydrogens is 298 g/mol. The van der Waals surface area contributed by atoms with Crippen molar-refractivity contribution >= 4 is 5.91 Å². The van der Waals surface area contributed by atoms with Crippen LogP contribution in [0.2, 0.25) is 0 Å². The molecule has 1 aromatic rings. The van der Waals surface area contributed by atoms with Crippen molar-refractivity contribution in [3.63, 3.8) is 0 Å². The van der Waals surface area contributed by atoms with Crippen LogP contribution >= 0.6 is 0 Å². The maximum Gasteiger partial charge on any atom is 0.253 e. The molecule has 0 unspecified atom stereocenters. The van der Waals surface area contributed by atoms with E-state index in [2.05, 4.69) is 42.8 Å². The molecule has 1 aromatic carbocycles. The number of nitrogens with zero attached hydrogens (tertiary/aromatic N) is 3. The molecule has 0 radical (unpaired) electrons. The van der Waals surface area contributed by atoms with Crippen molar-refractivity contribution in [2.24, 2.45) is 0 Å². The number of likely N-dealkylation sites (tertiary alicyclic amines) is 1. The van der Waals surface area contributed by atoms with Gasteiger partial charge in [0.25, 0.3) is 5.91 Å². The van der Waals surface area contributed by atoms with Gasteiger partial charge < -0.3 is 9.80 Å². The number of piperazine rings is 1. The third kappa shape index (κ3) is 3.98. The van der Waals surface area contributed by atoms with Crippen molar-refractivity contribution in [2.75, 3.05) is 46.3 Å². The van der Waals surface area contributed by atoms with Crippen LogP contribution in [0.1, 0.15) is 48.5 Å². The summed E-state index contributed by atoms with van der Waals surface area (Å²) in [6.07, 6.45) is 2.53. The van der Waals surface area contributed by atoms with E-state index in [1.165, 1.54) is 31.5 Å². The Morgan fingerprint density at radius 1 is 0.958 bits per heavy atom. The summed E-state index contributed by atoms with van der Waals surface area (Å²) in [6.45, 7) is 10.5. The molecule has 0 spiro atoms. The molecule has 132 valence electrons. The van der Waals surface area contributed by atoms with Gasteiger partial charge in [-0.25, -0.2) is 0 Å². The molecule has 24 heavy (non-hydrogen) atoms. The zero-order chi connectivity index (χ0) is 17.1. The standard InChI is InChI=1S/C20H31N3O/c1-16(2)17-4-6-18(7-5-17)20(24)23-14-12-22(13-15-23)19-8-10-21(3)11-9-19/h4-7,16,19H,8-15H2,1-3H3. The molecule has 0 N–H and O–H groups in total. The summed E-state index contributed by atoms with van der Waals surface area (Å²) < 4.78 is 0. The second kappa shape index (κ2) is 7.66. The van der Waals surface area contributed by atoms with Crippen LogP contribution in [-0.2, 0) is 0 Å². The fourth-order valence-electron chi connectivity index (χ4n) is 3.84. The zero-order valence-corrected chi connectivity index (χ0v) is 15.4. The Kier molecular flexibility index (Phi) is 5.57. The smallest absolute Gasteiger partial charge is 0.253 e. The van der Waals surface area contributed by atoms with Crippen LogP contribution in [0.5, 0.6) is 0 Å². The van der Waals surface area contributed by atoms with Gasteiger partial charge in [-0.3, -0.25) is 9.69 Å². The molecule has 0 atom stereocenters. The van der Waals surface area contributed by atoms with E-state index in [4.69, 9.17) is 0 Å². The van der Waals surface area contributed by atoms with Gasteiger partial charge in [0.1, 0.15) is 0 Å². The lowest BCUT2D eigenvalue weighted by Gasteiger charge is -2.42. The van der Waals surface area contributed by atoms with Crippen molar-refractivity contribution in [1.82, 2.24) is 14.7 Å². The third-order valence-electron chi connectivity index (χ3n) is 5.63. The Bertz CT molecular complexity index is 539. The summed E-state index contributed by atoms with van der Waals surface area (Å²) in [5.41, 5.74) is 2.12. The quantitative estimate of drug-likeness (QED) is 0.853. The number of carbonyl (C=O) groups is 1. The molecule has 2 fully saturated rings. The van der Waals surface area contributed by atoms with Gasteiger partial charge in [0.2, 0.25) is 0 Å². The highest BCUT2D eigenvalue weighted by Crippen LogP contribution is 2.19. The lowest BCUT2D eigenvalue weighted by molar-refractivity contribution is 0.0475. The lowest BCUT2D eigenvalue weighted by atomic mass is 10.0. The third-order valence-corrected chi connectivity index (χ3v) is 5.63. The minimum Gasteiger partial charge on any atom is -0.336 e. The molecule has 3 rings (SSSR count). The highest BCUT2D eigenvalue weighted by Gasteiger charge is 2.28. The monoisotopic (exact) mass is 329 g/mol. The van der Waals surface area contributed by atoms with Gasteiger partial charge in [-0.1, -0.05) is 26.0 Å². The SMILES string of the molecule is CC(C)c1ccc(C(=O)N2CCN(C3CCN(C)CC3)CC2)cc1. The second-order valence-corrected chi connectivity index (χ2v) is 7.64. The Labute approximate surface area is 146 Å². The summed E-state index contributed by atoms with van der Waals surface area (Å²) in [6, 6.07) is 8.87. The number of benzene rings is 1. The highest BCUT2D eigenvalue weighted by atomic mass is 16.2. The van der Waals surface area contributed by atoms with E-state index in [1.54, 1.807) is 0 Å². The van der Waals surface area contributed by atoms with Crippen LogP contribution in [0, 0.1) is 0 Å². The highest BCUT2D eigenvalue weighted by molar-refractivity contribution is 5.94. The number of piperidine rings is 1. The first kappa shape index (κ1) is 17.4. The number of carbonyl (C=O) groups excluding carboxylic acids is 1. The van der Waals surface area contributed by atoms with Crippen molar-refractivity contribution in [3.05, 3.63) is 35.4 Å². The Morgan fingerprint density at radius 2 is 1.54 bits per heavy atom. The first-order chi connectivity index (χ1) is 11.5. The van der Waals surface area contributed by atoms with E-state index in [9.17, 15) is 4.79 Å². The first-order valence-corrected chi connectivity index (χ1v) is 9.36. The van der Waals surface area contributed by atoms with E-state index in [0.29, 0.717) is 12.0 Å². The predicted molar refractivity (Wildman–Crippen MR) is 98.5 cm³/mol. The van der Waals surface area contributed by atoms with Crippen LogP contribution in [-0.4, -0.2) is 73.0 Å². The fraction of sp³-hybridized carbons (Fsp3) is 0.650. The number of hydrogen-bond acceptors (Lipinski definition) is 3. The molecule has 2 heterocycles. The molecule has 1 amide bonds. The molecule has 0 bridgehead atoms. The Balaban J connectivity index is 1.53. The average Bonchev–Trinajstić information content (AvgIpc) is 2.62. The van der Waals surface area contributed by atoms with Gasteiger partial charge in [0, 0.05) is 37.8 Å². The van der Waals surface area contributed by atoms with Gasteiger partial charge in [-0.15, -0.1) is 0 Å². The molecule has 4 nitrogen and oxygen atoms in total. The van der Waals surface area contributed by atoms with Gasteiger partial charge in [0.05, 0.1) is 0 Å². The van der Waals surface area contributed by atoms with E-state index in [0.717, 1.165) is 31.7 Å². The fourth-order valence-corrected chi connectivity index (χ4v) is 3.84. The summed E-state index contributed by atoms with van der Waals surface area (Å²) in [5.74, 6) is 0.695. The van der Waals surface area contributed by atoms with Crippen LogP contribution in [0.15, 0.2) is 24.3 Å². The van der Waals surface area contributed by atoms with Crippen LogP contribution in [0.4, 0.5) is 0 Å². The van der Waals surface area contributed by atoms with Crippen molar-refractivity contribution in [3.8, 4) is 0 Å². The zero-order valence-electron chi connectivity index (χ0n) is 15.4. The topological polar surface area (TPSA) is 26.8 Å². The summed E-state index contributed by atoms with van der Waals surface area (Å²) >= 11 is 0.